The molecular weight excluding hydrogens is 324 g/mol. The van der Waals surface area contributed by atoms with Gasteiger partial charge in [-0.2, -0.15) is 5.26 Å². The van der Waals surface area contributed by atoms with Crippen molar-refractivity contribution in [3.63, 3.8) is 0 Å². The van der Waals surface area contributed by atoms with Gasteiger partial charge >= 0.3 is 0 Å². The normalized spacial score (nSPS) is 14.7. The predicted molar refractivity (Wildman–Crippen MR) is 100 cm³/mol. The van der Waals surface area contributed by atoms with E-state index in [-0.39, 0.29) is 17.6 Å². The largest absolute Gasteiger partial charge is 0.339 e. The maximum Gasteiger partial charge on any atom is 0.253 e. The molecule has 1 heterocycles. The molecule has 0 aromatic heterocycles. The Kier molecular flexibility index (Phi) is 5.18. The van der Waals surface area contributed by atoms with Gasteiger partial charge < -0.3 is 4.90 Å². The Hall–Kier alpha value is -2.93. The Balaban J connectivity index is 1.65. The summed E-state index contributed by atoms with van der Waals surface area (Å²) < 4.78 is 0. The number of amides is 1. The van der Waals surface area contributed by atoms with Crippen molar-refractivity contribution >= 4 is 11.7 Å². The van der Waals surface area contributed by atoms with Gasteiger partial charge in [-0.15, -0.1) is 0 Å². The molecule has 132 valence electrons. The molecule has 0 atom stereocenters. The lowest BCUT2D eigenvalue weighted by Gasteiger charge is -2.31. The van der Waals surface area contributed by atoms with Crippen LogP contribution < -0.4 is 0 Å². The lowest BCUT2D eigenvalue weighted by Crippen LogP contribution is -2.40. The molecule has 4 nitrogen and oxygen atoms in total. The van der Waals surface area contributed by atoms with Crippen LogP contribution in [-0.4, -0.2) is 29.7 Å². The van der Waals surface area contributed by atoms with Gasteiger partial charge in [0, 0.05) is 30.1 Å². The fraction of sp³-hybridized carbons (Fsp3) is 0.318. The van der Waals surface area contributed by atoms with E-state index in [1.807, 2.05) is 32.0 Å². The van der Waals surface area contributed by atoms with Gasteiger partial charge in [0.05, 0.1) is 11.6 Å². The van der Waals surface area contributed by atoms with E-state index in [1.54, 1.807) is 29.2 Å². The minimum absolute atomic E-state index is 0.0356. The lowest BCUT2D eigenvalue weighted by molar-refractivity contribution is 0.0650. The first-order valence-electron chi connectivity index (χ1n) is 8.90. The first-order chi connectivity index (χ1) is 12.5. The van der Waals surface area contributed by atoms with E-state index in [4.69, 9.17) is 5.26 Å². The van der Waals surface area contributed by atoms with Crippen molar-refractivity contribution in [3.05, 3.63) is 70.3 Å². The molecule has 2 aromatic rings. The van der Waals surface area contributed by atoms with Crippen molar-refractivity contribution in [2.45, 2.75) is 26.7 Å². The highest BCUT2D eigenvalue weighted by molar-refractivity contribution is 5.98. The quantitative estimate of drug-likeness (QED) is 0.792. The summed E-state index contributed by atoms with van der Waals surface area (Å²) in [4.78, 5) is 27.2. The van der Waals surface area contributed by atoms with E-state index in [2.05, 4.69) is 6.07 Å². The third-order valence-corrected chi connectivity index (χ3v) is 5.18. The van der Waals surface area contributed by atoms with Crippen molar-refractivity contribution in [2.75, 3.05) is 13.1 Å². The number of carbonyl (C=O) groups is 2. The number of hydrogen-bond donors (Lipinski definition) is 0. The number of rotatable bonds is 3. The average Bonchev–Trinajstić information content (AvgIpc) is 2.69. The molecule has 2 aromatic carbocycles. The van der Waals surface area contributed by atoms with Gasteiger partial charge in [0.25, 0.3) is 5.91 Å². The number of likely N-dealkylation sites (tertiary alicyclic amines) is 1. The molecule has 0 spiro atoms. The standard InChI is InChI=1S/C22H22N2O2/c1-15-6-7-19(12-16(15)2)21(25)18-8-10-24(11-9-18)22(26)20-5-3-4-17(13-20)14-23/h3-7,12-13,18H,8-11H2,1-2H3. The van der Waals surface area contributed by atoms with Gasteiger partial charge in [-0.1, -0.05) is 18.2 Å². The van der Waals surface area contributed by atoms with Crippen LogP contribution in [0.3, 0.4) is 0 Å². The van der Waals surface area contributed by atoms with Crippen LogP contribution in [0, 0.1) is 31.1 Å². The molecule has 0 N–H and O–H groups in total. The first-order valence-corrected chi connectivity index (χ1v) is 8.90. The number of carbonyl (C=O) groups excluding carboxylic acids is 2. The smallest absolute Gasteiger partial charge is 0.253 e. The molecule has 1 amide bonds. The molecule has 0 radical (unpaired) electrons. The number of hydrogen-bond acceptors (Lipinski definition) is 3. The van der Waals surface area contributed by atoms with Crippen molar-refractivity contribution in [1.29, 1.82) is 5.26 Å². The van der Waals surface area contributed by atoms with Crippen LogP contribution in [0.2, 0.25) is 0 Å². The maximum atomic E-state index is 12.8. The Labute approximate surface area is 154 Å². The fourth-order valence-corrected chi connectivity index (χ4v) is 3.38. The summed E-state index contributed by atoms with van der Waals surface area (Å²) >= 11 is 0. The van der Waals surface area contributed by atoms with Crippen LogP contribution >= 0.6 is 0 Å². The number of piperidine rings is 1. The molecule has 26 heavy (non-hydrogen) atoms. The molecule has 0 saturated carbocycles. The number of aryl methyl sites for hydroxylation is 2. The van der Waals surface area contributed by atoms with Crippen LogP contribution in [0.15, 0.2) is 42.5 Å². The molecule has 1 aliphatic rings. The Morgan fingerprint density at radius 3 is 2.38 bits per heavy atom. The molecule has 1 fully saturated rings. The maximum absolute atomic E-state index is 12.8. The number of nitrogens with zero attached hydrogens (tertiary/aromatic N) is 2. The average molecular weight is 346 g/mol. The third kappa shape index (κ3) is 3.67. The minimum atomic E-state index is -0.0702. The summed E-state index contributed by atoms with van der Waals surface area (Å²) in [5, 5.41) is 8.98. The van der Waals surface area contributed by atoms with Crippen LogP contribution in [0.5, 0.6) is 0 Å². The van der Waals surface area contributed by atoms with Crippen LogP contribution in [0.25, 0.3) is 0 Å². The van der Waals surface area contributed by atoms with Gasteiger partial charge in [-0.25, -0.2) is 0 Å². The molecule has 4 heteroatoms. The summed E-state index contributed by atoms with van der Waals surface area (Å²) in [5.74, 6) is 0.0671. The third-order valence-electron chi connectivity index (χ3n) is 5.18. The molecule has 1 aliphatic heterocycles. The Morgan fingerprint density at radius 2 is 1.73 bits per heavy atom. The second kappa shape index (κ2) is 7.53. The molecule has 0 aliphatic carbocycles. The zero-order valence-electron chi connectivity index (χ0n) is 15.2. The topological polar surface area (TPSA) is 61.2 Å². The predicted octanol–water partition coefficient (Wildman–Crippen LogP) is 3.91. The Bertz CT molecular complexity index is 887. The monoisotopic (exact) mass is 346 g/mol. The van der Waals surface area contributed by atoms with Gasteiger partial charge in [-0.3, -0.25) is 9.59 Å². The Morgan fingerprint density at radius 1 is 1.00 bits per heavy atom. The van der Waals surface area contributed by atoms with E-state index in [0.717, 1.165) is 11.1 Å². The van der Waals surface area contributed by atoms with Crippen molar-refractivity contribution < 1.29 is 9.59 Å². The minimum Gasteiger partial charge on any atom is -0.339 e. The first kappa shape index (κ1) is 17.9. The van der Waals surface area contributed by atoms with E-state index >= 15 is 0 Å². The molecule has 0 bridgehead atoms. The van der Waals surface area contributed by atoms with E-state index in [0.29, 0.717) is 37.1 Å². The summed E-state index contributed by atoms with van der Waals surface area (Å²) in [7, 11) is 0. The zero-order valence-corrected chi connectivity index (χ0v) is 15.2. The lowest BCUT2D eigenvalue weighted by atomic mass is 9.87. The molecule has 0 unspecified atom stereocenters. The number of ketones is 1. The highest BCUT2D eigenvalue weighted by atomic mass is 16.2. The fourth-order valence-electron chi connectivity index (χ4n) is 3.38. The van der Waals surface area contributed by atoms with Crippen molar-refractivity contribution in [3.8, 4) is 6.07 Å². The van der Waals surface area contributed by atoms with Gasteiger partial charge in [0.15, 0.2) is 5.78 Å². The number of nitriles is 1. The SMILES string of the molecule is Cc1ccc(C(=O)C2CCN(C(=O)c3cccc(C#N)c3)CC2)cc1C. The summed E-state index contributed by atoms with van der Waals surface area (Å²) in [5.41, 5.74) is 4.08. The number of Topliss-reactive ketones (excluding diaryl/α,β-unsaturated/α-hetero) is 1. The molecular formula is C22H22N2O2. The van der Waals surface area contributed by atoms with Gasteiger partial charge in [0.2, 0.25) is 0 Å². The highest BCUT2D eigenvalue weighted by Crippen LogP contribution is 2.24. The summed E-state index contributed by atoms with van der Waals surface area (Å²) in [6.45, 7) is 5.19. The van der Waals surface area contributed by atoms with E-state index in [9.17, 15) is 9.59 Å². The zero-order chi connectivity index (χ0) is 18.7. The van der Waals surface area contributed by atoms with Crippen LogP contribution in [0.4, 0.5) is 0 Å². The molecule has 3 rings (SSSR count). The van der Waals surface area contributed by atoms with Crippen molar-refractivity contribution in [1.82, 2.24) is 4.90 Å². The highest BCUT2D eigenvalue weighted by Gasteiger charge is 2.28. The second-order valence-electron chi connectivity index (χ2n) is 6.92. The van der Waals surface area contributed by atoms with Gasteiger partial charge in [-0.05, 0) is 62.1 Å². The summed E-state index contributed by atoms with van der Waals surface area (Å²) in [6, 6.07) is 14.7. The number of benzene rings is 2. The molecule has 1 saturated heterocycles. The van der Waals surface area contributed by atoms with E-state index < -0.39 is 0 Å². The van der Waals surface area contributed by atoms with Gasteiger partial charge in [0.1, 0.15) is 0 Å². The summed E-state index contributed by atoms with van der Waals surface area (Å²) in [6.07, 6.45) is 1.35. The van der Waals surface area contributed by atoms with E-state index in [1.165, 1.54) is 5.56 Å². The second-order valence-corrected chi connectivity index (χ2v) is 6.92. The van der Waals surface area contributed by atoms with Crippen LogP contribution in [-0.2, 0) is 0 Å². The van der Waals surface area contributed by atoms with Crippen LogP contribution in [0.1, 0.15) is 50.2 Å². The van der Waals surface area contributed by atoms with Crippen molar-refractivity contribution in [2.24, 2.45) is 5.92 Å².